The van der Waals surface area contributed by atoms with Crippen molar-refractivity contribution in [2.75, 3.05) is 0 Å². The Morgan fingerprint density at radius 1 is 1.38 bits per heavy atom. The van der Waals surface area contributed by atoms with Crippen molar-refractivity contribution in [1.29, 1.82) is 0 Å². The lowest BCUT2D eigenvalue weighted by Crippen LogP contribution is -2.28. The number of hydrogen-bond donors (Lipinski definition) is 2. The highest BCUT2D eigenvalue weighted by Gasteiger charge is 2.08. The maximum Gasteiger partial charge on any atom is 0.258 e. The Balaban J connectivity index is 0.00000169. The fraction of sp³-hybridized carbons (Fsp3) is 0.111. The van der Waals surface area contributed by atoms with E-state index in [1.165, 1.54) is 6.92 Å². The van der Waals surface area contributed by atoms with Crippen molar-refractivity contribution in [3.8, 4) is 0 Å². The lowest BCUT2D eigenvalue weighted by molar-refractivity contribution is -0.118. The van der Waals surface area contributed by atoms with Crippen LogP contribution in [0.3, 0.4) is 0 Å². The third kappa shape index (κ3) is 2.59. The fourth-order valence-electron chi connectivity index (χ4n) is 0.893. The molecule has 0 aliphatic carbocycles. The monoisotopic (exact) mass is 197 g/mol. The van der Waals surface area contributed by atoms with Gasteiger partial charge in [0.1, 0.15) is 0 Å². The van der Waals surface area contributed by atoms with Crippen LogP contribution in [0.4, 0.5) is 0 Å². The Kier molecular flexibility index (Phi) is 3.08. The van der Waals surface area contributed by atoms with E-state index in [-0.39, 0.29) is 7.33 Å². The Morgan fingerprint density at radius 3 is 2.54 bits per heavy atom. The summed E-state index contributed by atoms with van der Waals surface area (Å²) in [6, 6.07) is 6.79. The minimum atomic E-state index is -0.418. The van der Waals surface area contributed by atoms with Crippen LogP contribution in [0, 0.1) is 0 Å². The van der Waals surface area contributed by atoms with Gasteiger partial charge in [-0.05, 0) is 12.1 Å². The van der Waals surface area contributed by atoms with Crippen LogP contribution < -0.4 is 5.32 Å². The lowest BCUT2D eigenvalue weighted by Gasteiger charge is -2.02. The predicted octanol–water partition coefficient (Wildman–Crippen LogP) is 1.50. The smallest absolute Gasteiger partial charge is 0.258 e. The molecule has 1 aromatic rings. The highest BCUT2D eigenvalue weighted by Crippen LogP contribution is 2.12. The van der Waals surface area contributed by atoms with Crippen molar-refractivity contribution in [1.82, 2.24) is 5.32 Å². The fourth-order valence-corrected chi connectivity index (χ4v) is 1.16. The van der Waals surface area contributed by atoms with Gasteiger partial charge in [0, 0.05) is 13.2 Å². The number of hydrogen-bond acceptors (Lipinski definition) is 3. The zero-order chi connectivity index (χ0) is 9.84. The molecule has 0 aliphatic rings. The average molecular weight is 197 g/mol. The number of rotatable bonds is 1. The Bertz CT molecular complexity index is 354. The maximum absolute atomic E-state index is 11.3. The summed E-state index contributed by atoms with van der Waals surface area (Å²) in [4.78, 5) is 22.4. The molecule has 1 rings (SSSR count). The zero-order valence-corrected chi connectivity index (χ0v) is 7.97. The first-order valence-corrected chi connectivity index (χ1v) is 4.16. The molecule has 0 bridgehead atoms. The van der Waals surface area contributed by atoms with Gasteiger partial charge in [0.2, 0.25) is 5.91 Å². The van der Waals surface area contributed by atoms with E-state index in [1.54, 1.807) is 24.3 Å². The number of nitrogens with one attached hydrogen (secondary N) is 1. The molecule has 0 saturated heterocycles. The molecular weight excluding hydrogens is 186 g/mol. The average Bonchev–Trinajstić information content (AvgIpc) is 2.03. The highest BCUT2D eigenvalue weighted by atomic mass is 32.1. The summed E-state index contributed by atoms with van der Waals surface area (Å²) in [6.45, 7) is 1.29. The third-order valence-electron chi connectivity index (χ3n) is 1.44. The number of benzene rings is 1. The second-order valence-electron chi connectivity index (χ2n) is 2.53. The van der Waals surface area contributed by atoms with E-state index in [9.17, 15) is 9.59 Å². The van der Waals surface area contributed by atoms with Gasteiger partial charge in [-0.15, -0.1) is 12.6 Å². The largest absolute Gasteiger partial charge is 0.293 e. The second-order valence-corrected chi connectivity index (χ2v) is 3.01. The van der Waals surface area contributed by atoms with Crippen LogP contribution in [0.5, 0.6) is 0 Å². The van der Waals surface area contributed by atoms with E-state index < -0.39 is 5.91 Å². The van der Waals surface area contributed by atoms with Crippen LogP contribution in [0.1, 0.15) is 18.7 Å². The zero-order valence-electron chi connectivity index (χ0n) is 7.07. The molecule has 0 aliphatic heterocycles. The van der Waals surface area contributed by atoms with E-state index in [0.29, 0.717) is 10.5 Å². The Labute approximate surface area is 83.0 Å². The molecule has 0 spiro atoms. The standard InChI is InChI=1S/C9H9NO2S.H2/c1-6(11)10-9(12)7-4-2-3-5-8(7)13;/h2-5,13H,1H3,(H,10,11,12);1H. The molecule has 3 nitrogen and oxygen atoms in total. The second kappa shape index (κ2) is 4.09. The van der Waals surface area contributed by atoms with Gasteiger partial charge >= 0.3 is 0 Å². The van der Waals surface area contributed by atoms with Gasteiger partial charge < -0.3 is 0 Å². The first-order chi connectivity index (χ1) is 6.11. The van der Waals surface area contributed by atoms with E-state index >= 15 is 0 Å². The van der Waals surface area contributed by atoms with Crippen molar-refractivity contribution in [3.05, 3.63) is 29.8 Å². The summed E-state index contributed by atoms with van der Waals surface area (Å²) in [5.74, 6) is -0.792. The summed E-state index contributed by atoms with van der Waals surface area (Å²) in [7, 11) is 0. The summed E-state index contributed by atoms with van der Waals surface area (Å²) in [6.07, 6.45) is 0. The first kappa shape index (κ1) is 9.80. The Hall–Kier alpha value is -1.29. The highest BCUT2D eigenvalue weighted by molar-refractivity contribution is 7.80. The van der Waals surface area contributed by atoms with E-state index in [0.717, 1.165) is 0 Å². The van der Waals surface area contributed by atoms with Crippen molar-refractivity contribution >= 4 is 24.4 Å². The van der Waals surface area contributed by atoms with Crippen LogP contribution in [0.2, 0.25) is 0 Å². The van der Waals surface area contributed by atoms with E-state index in [4.69, 9.17) is 0 Å². The quantitative estimate of drug-likeness (QED) is 0.670. The summed E-state index contributed by atoms with van der Waals surface area (Å²) in [5, 5.41) is 2.17. The molecule has 0 radical (unpaired) electrons. The van der Waals surface area contributed by atoms with Gasteiger partial charge in [0.25, 0.3) is 5.91 Å². The normalized spacial score (nSPS) is 9.38. The number of imide groups is 1. The van der Waals surface area contributed by atoms with Crippen molar-refractivity contribution in [3.63, 3.8) is 0 Å². The number of amides is 2. The maximum atomic E-state index is 11.3. The molecule has 0 aromatic heterocycles. The minimum Gasteiger partial charge on any atom is -0.293 e. The number of carbonyl (C=O) groups is 2. The van der Waals surface area contributed by atoms with Crippen molar-refractivity contribution < 1.29 is 11.0 Å². The molecular formula is C9H11NO2S. The predicted molar refractivity (Wildman–Crippen MR) is 54.0 cm³/mol. The molecule has 0 unspecified atom stereocenters. The van der Waals surface area contributed by atoms with Crippen LogP contribution in [0.15, 0.2) is 29.2 Å². The molecule has 0 saturated carbocycles. The van der Waals surface area contributed by atoms with Gasteiger partial charge in [-0.3, -0.25) is 14.9 Å². The molecule has 0 fully saturated rings. The SMILES string of the molecule is CC(=O)NC(=O)c1ccccc1S.[HH]. The minimum absolute atomic E-state index is 0. The van der Waals surface area contributed by atoms with Gasteiger partial charge in [-0.1, -0.05) is 12.1 Å². The molecule has 0 heterocycles. The summed E-state index contributed by atoms with van der Waals surface area (Å²) >= 11 is 4.09. The molecule has 2 amide bonds. The third-order valence-corrected chi connectivity index (χ3v) is 1.83. The van der Waals surface area contributed by atoms with Crippen molar-refractivity contribution in [2.45, 2.75) is 11.8 Å². The molecule has 70 valence electrons. The lowest BCUT2D eigenvalue weighted by atomic mass is 10.2. The topological polar surface area (TPSA) is 46.2 Å². The molecule has 13 heavy (non-hydrogen) atoms. The molecule has 1 aromatic carbocycles. The summed E-state index contributed by atoms with van der Waals surface area (Å²) < 4.78 is 0. The van der Waals surface area contributed by atoms with Gasteiger partial charge in [0.05, 0.1) is 5.56 Å². The van der Waals surface area contributed by atoms with Gasteiger partial charge in [0.15, 0.2) is 0 Å². The number of carbonyl (C=O) groups excluding carboxylic acids is 2. The first-order valence-electron chi connectivity index (χ1n) is 3.71. The molecule has 1 N–H and O–H groups in total. The van der Waals surface area contributed by atoms with Gasteiger partial charge in [-0.2, -0.15) is 0 Å². The molecule has 0 atom stereocenters. The number of thiol groups is 1. The van der Waals surface area contributed by atoms with E-state index in [1.807, 2.05) is 0 Å². The van der Waals surface area contributed by atoms with Crippen LogP contribution in [-0.4, -0.2) is 11.8 Å². The van der Waals surface area contributed by atoms with Crippen LogP contribution >= 0.6 is 12.6 Å². The molecule has 4 heteroatoms. The summed E-state index contributed by atoms with van der Waals surface area (Å²) in [5.41, 5.74) is 0.404. The Morgan fingerprint density at radius 2 is 2.00 bits per heavy atom. The van der Waals surface area contributed by atoms with Crippen LogP contribution in [-0.2, 0) is 4.79 Å². The van der Waals surface area contributed by atoms with Crippen molar-refractivity contribution in [2.24, 2.45) is 0 Å². The van der Waals surface area contributed by atoms with Gasteiger partial charge in [-0.25, -0.2) is 0 Å². The van der Waals surface area contributed by atoms with E-state index in [2.05, 4.69) is 17.9 Å². The van der Waals surface area contributed by atoms with Crippen LogP contribution in [0.25, 0.3) is 0 Å².